The van der Waals surface area contributed by atoms with Crippen LogP contribution < -0.4 is 0 Å². The normalized spacial score (nSPS) is 34.8. The van der Waals surface area contributed by atoms with E-state index in [9.17, 15) is 0 Å². The van der Waals surface area contributed by atoms with Gasteiger partial charge in [0.1, 0.15) is 4.33 Å². The molecule has 2 aliphatic carbocycles. The molecule has 0 saturated heterocycles. The van der Waals surface area contributed by atoms with Gasteiger partial charge < -0.3 is 0 Å². The summed E-state index contributed by atoms with van der Waals surface area (Å²) >= 11 is 15.0. The van der Waals surface area contributed by atoms with Gasteiger partial charge in [0.2, 0.25) is 0 Å². The quantitative estimate of drug-likeness (QED) is 0.666. The fourth-order valence-corrected chi connectivity index (χ4v) is 5.98. The van der Waals surface area contributed by atoms with Crippen molar-refractivity contribution in [1.82, 2.24) is 0 Å². The molecule has 2 unspecified atom stereocenters. The number of benzene rings is 1. The Kier molecular flexibility index (Phi) is 3.13. The third-order valence-electron chi connectivity index (χ3n) is 4.07. The lowest BCUT2D eigenvalue weighted by Crippen LogP contribution is -2.12. The second-order valence-electron chi connectivity index (χ2n) is 5.08. The van der Waals surface area contributed by atoms with Crippen LogP contribution >= 0.6 is 35.0 Å². The molecule has 0 N–H and O–H groups in total. The molecule has 0 aromatic heterocycles. The average molecular weight is 287 g/mol. The number of thioether (sulfide) groups is 1. The van der Waals surface area contributed by atoms with Gasteiger partial charge in [0.05, 0.1) is 4.75 Å². The number of hydrogen-bond acceptors (Lipinski definition) is 1. The van der Waals surface area contributed by atoms with Crippen molar-refractivity contribution >= 4 is 35.0 Å². The molecular weight excluding hydrogens is 271 g/mol. The molecule has 17 heavy (non-hydrogen) atoms. The van der Waals surface area contributed by atoms with Gasteiger partial charge >= 0.3 is 0 Å². The first-order valence-electron chi connectivity index (χ1n) is 6.29. The Morgan fingerprint density at radius 2 is 1.82 bits per heavy atom. The molecular formula is C14H16Cl2S. The molecule has 0 spiro atoms. The van der Waals surface area contributed by atoms with Crippen LogP contribution in [0.15, 0.2) is 35.2 Å². The predicted molar refractivity (Wildman–Crippen MR) is 76.0 cm³/mol. The van der Waals surface area contributed by atoms with Crippen LogP contribution in [-0.4, -0.2) is 9.08 Å². The second kappa shape index (κ2) is 4.36. The van der Waals surface area contributed by atoms with Crippen LogP contribution in [0.5, 0.6) is 0 Å². The van der Waals surface area contributed by atoms with Gasteiger partial charge in [-0.3, -0.25) is 0 Å². The molecule has 2 saturated carbocycles. The Morgan fingerprint density at radius 1 is 1.06 bits per heavy atom. The summed E-state index contributed by atoms with van der Waals surface area (Å²) in [6, 6.07) is 10.5. The monoisotopic (exact) mass is 286 g/mol. The predicted octanol–water partition coefficient (Wildman–Crippen LogP) is 5.29. The molecule has 3 rings (SSSR count). The molecule has 1 aromatic carbocycles. The van der Waals surface area contributed by atoms with E-state index >= 15 is 0 Å². The van der Waals surface area contributed by atoms with Gasteiger partial charge in [-0.2, -0.15) is 0 Å². The largest absolute Gasteiger partial charge is 0.137 e. The van der Waals surface area contributed by atoms with Crippen molar-refractivity contribution in [2.45, 2.75) is 46.1 Å². The first-order valence-corrected chi connectivity index (χ1v) is 7.86. The highest BCUT2D eigenvalue weighted by atomic mass is 35.5. The van der Waals surface area contributed by atoms with Crippen LogP contribution in [-0.2, 0) is 0 Å². The minimum atomic E-state index is -0.506. The molecule has 0 radical (unpaired) electrons. The highest BCUT2D eigenvalue weighted by Crippen LogP contribution is 2.74. The zero-order valence-corrected chi connectivity index (χ0v) is 12.0. The standard InChI is InChI=1S/C14H16Cl2S/c15-14(16)12-9-5-2-6-10-13(12,14)17-11-7-3-1-4-8-11/h1,3-4,7-8,12H,2,5-6,9-10H2. The van der Waals surface area contributed by atoms with E-state index in [2.05, 4.69) is 24.3 Å². The summed E-state index contributed by atoms with van der Waals surface area (Å²) in [5.41, 5.74) is 0. The van der Waals surface area contributed by atoms with E-state index in [1.807, 2.05) is 17.8 Å². The summed E-state index contributed by atoms with van der Waals surface area (Å²) < 4.78 is -0.429. The van der Waals surface area contributed by atoms with Gasteiger partial charge in [0.15, 0.2) is 0 Å². The third kappa shape index (κ3) is 1.91. The number of halogens is 2. The summed E-state index contributed by atoms with van der Waals surface area (Å²) in [4.78, 5) is 1.29. The Bertz CT molecular complexity index is 404. The van der Waals surface area contributed by atoms with Crippen molar-refractivity contribution < 1.29 is 0 Å². The van der Waals surface area contributed by atoms with Crippen LogP contribution in [0, 0.1) is 5.92 Å². The number of alkyl halides is 2. The molecule has 3 heteroatoms. The minimum absolute atomic E-state index is 0.0773. The molecule has 2 fully saturated rings. The Morgan fingerprint density at radius 3 is 2.59 bits per heavy atom. The van der Waals surface area contributed by atoms with Crippen LogP contribution in [0.1, 0.15) is 32.1 Å². The maximum Gasteiger partial charge on any atom is 0.137 e. The van der Waals surface area contributed by atoms with Gasteiger partial charge in [-0.25, -0.2) is 0 Å². The molecule has 0 aliphatic heterocycles. The highest BCUT2D eigenvalue weighted by molar-refractivity contribution is 8.01. The Balaban J connectivity index is 1.85. The van der Waals surface area contributed by atoms with E-state index in [0.717, 1.165) is 6.42 Å². The number of fused-ring (bicyclic) bond motifs is 1. The summed E-state index contributed by atoms with van der Waals surface area (Å²) in [6.45, 7) is 0. The van der Waals surface area contributed by atoms with E-state index in [1.165, 1.54) is 30.6 Å². The molecule has 0 amide bonds. The van der Waals surface area contributed by atoms with Crippen LogP contribution in [0.2, 0.25) is 0 Å². The zero-order chi connectivity index (χ0) is 11.9. The molecule has 0 nitrogen and oxygen atoms in total. The van der Waals surface area contributed by atoms with Crippen molar-refractivity contribution in [1.29, 1.82) is 0 Å². The topological polar surface area (TPSA) is 0 Å². The molecule has 0 bridgehead atoms. The maximum atomic E-state index is 6.54. The van der Waals surface area contributed by atoms with E-state index < -0.39 is 4.33 Å². The van der Waals surface area contributed by atoms with Gasteiger partial charge in [0.25, 0.3) is 0 Å². The minimum Gasteiger partial charge on any atom is -0.116 e. The van der Waals surface area contributed by atoms with Gasteiger partial charge in [-0.15, -0.1) is 11.8 Å². The lowest BCUT2D eigenvalue weighted by Gasteiger charge is -2.17. The SMILES string of the molecule is ClC1(Cl)C2CCCCCC21Sc1ccccc1. The lowest BCUT2D eigenvalue weighted by molar-refractivity contribution is 0.638. The molecule has 1 aromatic rings. The van der Waals surface area contributed by atoms with Crippen molar-refractivity contribution in [2.75, 3.05) is 0 Å². The maximum absolute atomic E-state index is 6.54. The Hall–Kier alpha value is 0.150. The van der Waals surface area contributed by atoms with Crippen molar-refractivity contribution in [3.8, 4) is 0 Å². The number of hydrogen-bond donors (Lipinski definition) is 0. The third-order valence-corrected chi connectivity index (χ3v) is 7.17. The molecule has 92 valence electrons. The van der Waals surface area contributed by atoms with E-state index in [1.54, 1.807) is 0 Å². The first kappa shape index (κ1) is 12.2. The van der Waals surface area contributed by atoms with Crippen molar-refractivity contribution in [3.05, 3.63) is 30.3 Å². The van der Waals surface area contributed by atoms with Crippen LogP contribution in [0.3, 0.4) is 0 Å². The lowest BCUT2D eigenvalue weighted by atomic mass is 10.2. The van der Waals surface area contributed by atoms with Gasteiger partial charge in [0, 0.05) is 10.8 Å². The second-order valence-corrected chi connectivity index (χ2v) is 7.87. The molecule has 0 heterocycles. The molecule has 2 atom stereocenters. The summed E-state index contributed by atoms with van der Waals surface area (Å²) in [5, 5.41) is 0. The smallest absolute Gasteiger partial charge is 0.116 e. The number of rotatable bonds is 2. The average Bonchev–Trinajstić information content (AvgIpc) is 2.86. The Labute approximate surface area is 117 Å². The van der Waals surface area contributed by atoms with E-state index in [4.69, 9.17) is 23.2 Å². The highest BCUT2D eigenvalue weighted by Gasteiger charge is 2.75. The van der Waals surface area contributed by atoms with Crippen LogP contribution in [0.4, 0.5) is 0 Å². The van der Waals surface area contributed by atoms with Gasteiger partial charge in [-0.05, 0) is 25.0 Å². The fraction of sp³-hybridized carbons (Fsp3) is 0.571. The van der Waals surface area contributed by atoms with E-state index in [0.29, 0.717) is 5.92 Å². The van der Waals surface area contributed by atoms with Gasteiger partial charge in [-0.1, -0.05) is 60.7 Å². The summed E-state index contributed by atoms with van der Waals surface area (Å²) in [5.74, 6) is 0.478. The first-order chi connectivity index (χ1) is 8.17. The zero-order valence-electron chi connectivity index (χ0n) is 9.66. The summed E-state index contributed by atoms with van der Waals surface area (Å²) in [7, 11) is 0. The van der Waals surface area contributed by atoms with Crippen LogP contribution in [0.25, 0.3) is 0 Å². The van der Waals surface area contributed by atoms with E-state index in [-0.39, 0.29) is 4.75 Å². The van der Waals surface area contributed by atoms with Crippen molar-refractivity contribution in [3.63, 3.8) is 0 Å². The molecule has 2 aliphatic rings. The summed E-state index contributed by atoms with van der Waals surface area (Å²) in [6.07, 6.45) is 6.22. The van der Waals surface area contributed by atoms with Crippen molar-refractivity contribution in [2.24, 2.45) is 5.92 Å². The fourth-order valence-electron chi connectivity index (χ4n) is 3.06.